The number of hydrogen-bond donors (Lipinski definition) is 1. The Morgan fingerprint density at radius 3 is 2.64 bits per heavy atom. The summed E-state index contributed by atoms with van der Waals surface area (Å²) in [6.07, 6.45) is 7.58. The highest BCUT2D eigenvalue weighted by Crippen LogP contribution is 2.42. The van der Waals surface area contributed by atoms with Gasteiger partial charge in [-0.3, -0.25) is 9.78 Å². The lowest BCUT2D eigenvalue weighted by molar-refractivity contribution is 0.103. The lowest BCUT2D eigenvalue weighted by atomic mass is 10.00. The van der Waals surface area contributed by atoms with Crippen molar-refractivity contribution in [2.24, 2.45) is 5.73 Å². The van der Waals surface area contributed by atoms with Crippen molar-refractivity contribution in [2.45, 2.75) is 17.7 Å². The zero-order chi connectivity index (χ0) is 23.9. The SMILES string of the molecule is Cl.NCCn1cc(C(=O)c2ccn3c2CSC3c2cccnc2)c2ccc(-c3ccc(F)cc3)cc21. The third-order valence-corrected chi connectivity index (χ3v) is 7.80. The maximum absolute atomic E-state index is 13.8. The molecule has 0 fully saturated rings. The molecule has 0 saturated carbocycles. The first kappa shape index (κ1) is 24.3. The Hall–Kier alpha value is -3.39. The first-order chi connectivity index (χ1) is 17.1. The highest BCUT2D eigenvalue weighted by Gasteiger charge is 2.30. The Balaban J connectivity index is 0.00000267. The Morgan fingerprint density at radius 2 is 1.89 bits per heavy atom. The quantitative estimate of drug-likeness (QED) is 0.278. The molecule has 5 aromatic rings. The van der Waals surface area contributed by atoms with Gasteiger partial charge in [0.25, 0.3) is 0 Å². The van der Waals surface area contributed by atoms with Gasteiger partial charge < -0.3 is 14.9 Å². The van der Waals surface area contributed by atoms with Crippen molar-refractivity contribution >= 4 is 40.9 Å². The molecule has 1 unspecified atom stereocenters. The molecule has 5 nitrogen and oxygen atoms in total. The summed E-state index contributed by atoms with van der Waals surface area (Å²) >= 11 is 1.80. The fraction of sp³-hybridized carbons (Fsp3) is 0.143. The van der Waals surface area contributed by atoms with Gasteiger partial charge in [-0.2, -0.15) is 0 Å². The van der Waals surface area contributed by atoms with Crippen LogP contribution in [-0.2, 0) is 12.3 Å². The summed E-state index contributed by atoms with van der Waals surface area (Å²) < 4.78 is 17.6. The molecule has 6 rings (SSSR count). The standard InChI is InChI=1S/C28H23FN4OS.ClH/c29-21-6-3-18(4-7-21)19-5-8-22-24(16-32(13-10-30)25(22)14-19)27(34)23-9-12-33-26(23)17-35-28(33)20-2-1-11-31-15-20;/h1-9,11-12,14-16,28H,10,13,17,30H2;1H. The van der Waals surface area contributed by atoms with Crippen LogP contribution >= 0.6 is 24.2 Å². The second-order valence-electron chi connectivity index (χ2n) is 8.63. The molecule has 3 aromatic heterocycles. The van der Waals surface area contributed by atoms with Crippen molar-refractivity contribution in [2.75, 3.05) is 6.54 Å². The number of aromatic nitrogens is 3. The third-order valence-electron chi connectivity index (χ3n) is 6.54. The number of nitrogens with two attached hydrogens (primary N) is 1. The van der Waals surface area contributed by atoms with Crippen LogP contribution < -0.4 is 5.73 Å². The molecule has 0 bridgehead atoms. The Kier molecular flexibility index (Phi) is 6.71. The van der Waals surface area contributed by atoms with Crippen molar-refractivity contribution in [1.82, 2.24) is 14.1 Å². The van der Waals surface area contributed by atoms with Gasteiger partial charge in [-0.05, 0) is 41.5 Å². The molecule has 2 aromatic carbocycles. The molecule has 0 aliphatic carbocycles. The van der Waals surface area contributed by atoms with Gasteiger partial charge in [-0.25, -0.2) is 4.39 Å². The number of benzene rings is 2. The number of carbonyl (C=O) groups is 1. The minimum absolute atomic E-state index is 0. The maximum Gasteiger partial charge on any atom is 0.197 e. The molecule has 4 heterocycles. The second-order valence-corrected chi connectivity index (χ2v) is 9.69. The van der Waals surface area contributed by atoms with Crippen molar-refractivity contribution in [1.29, 1.82) is 0 Å². The van der Waals surface area contributed by atoms with E-state index in [1.807, 2.05) is 53.5 Å². The molecule has 0 saturated heterocycles. The molecule has 1 aliphatic rings. The number of nitrogens with zero attached hydrogens (tertiary/aromatic N) is 3. The van der Waals surface area contributed by atoms with E-state index >= 15 is 0 Å². The van der Waals surface area contributed by atoms with Crippen LogP contribution in [0.25, 0.3) is 22.0 Å². The van der Waals surface area contributed by atoms with Crippen LogP contribution in [-0.4, -0.2) is 26.4 Å². The zero-order valence-electron chi connectivity index (χ0n) is 19.3. The van der Waals surface area contributed by atoms with Gasteiger partial charge in [0, 0.05) is 76.9 Å². The van der Waals surface area contributed by atoms with E-state index in [0.29, 0.717) is 18.7 Å². The lowest BCUT2D eigenvalue weighted by Gasteiger charge is -2.11. The minimum Gasteiger partial charge on any atom is -0.345 e. The normalized spacial score (nSPS) is 14.6. The van der Waals surface area contributed by atoms with Crippen LogP contribution in [0.15, 0.2) is 85.5 Å². The summed E-state index contributed by atoms with van der Waals surface area (Å²) in [7, 11) is 0. The average molecular weight is 519 g/mol. The van der Waals surface area contributed by atoms with E-state index in [-0.39, 0.29) is 29.4 Å². The van der Waals surface area contributed by atoms with E-state index in [1.54, 1.807) is 30.1 Å². The predicted molar refractivity (Wildman–Crippen MR) is 145 cm³/mol. The molecule has 0 spiro atoms. The minimum atomic E-state index is -0.266. The molecule has 2 N–H and O–H groups in total. The summed E-state index contributed by atoms with van der Waals surface area (Å²) in [5.41, 5.74) is 12.3. The monoisotopic (exact) mass is 518 g/mol. The highest BCUT2D eigenvalue weighted by molar-refractivity contribution is 7.99. The van der Waals surface area contributed by atoms with E-state index < -0.39 is 0 Å². The molecule has 36 heavy (non-hydrogen) atoms. The van der Waals surface area contributed by atoms with E-state index in [4.69, 9.17) is 5.73 Å². The van der Waals surface area contributed by atoms with Crippen LogP contribution in [0, 0.1) is 5.82 Å². The van der Waals surface area contributed by atoms with Gasteiger partial charge in [0.2, 0.25) is 0 Å². The van der Waals surface area contributed by atoms with Crippen LogP contribution in [0.5, 0.6) is 0 Å². The van der Waals surface area contributed by atoms with Gasteiger partial charge in [-0.1, -0.05) is 30.3 Å². The van der Waals surface area contributed by atoms with Crippen LogP contribution in [0.4, 0.5) is 4.39 Å². The molecule has 1 aliphatic heterocycles. The molecule has 0 radical (unpaired) electrons. The number of fused-ring (bicyclic) bond motifs is 2. The number of ketones is 1. The number of pyridine rings is 1. The molecule has 182 valence electrons. The number of hydrogen-bond acceptors (Lipinski definition) is 4. The Morgan fingerprint density at radius 1 is 1.08 bits per heavy atom. The smallest absolute Gasteiger partial charge is 0.197 e. The van der Waals surface area contributed by atoms with Gasteiger partial charge in [0.15, 0.2) is 5.78 Å². The summed E-state index contributed by atoms with van der Waals surface area (Å²) in [6, 6.07) is 18.4. The number of rotatable bonds is 6. The number of thioether (sulfide) groups is 1. The van der Waals surface area contributed by atoms with E-state index in [2.05, 4.69) is 15.6 Å². The lowest BCUT2D eigenvalue weighted by Crippen LogP contribution is -2.09. The molecule has 0 amide bonds. The second kappa shape index (κ2) is 9.93. The maximum atomic E-state index is 13.8. The summed E-state index contributed by atoms with van der Waals surface area (Å²) in [5, 5.41) is 1.01. The number of carbonyl (C=O) groups excluding carboxylic acids is 1. The molecular formula is C28H24ClFN4OS. The van der Waals surface area contributed by atoms with Gasteiger partial charge in [0.1, 0.15) is 11.2 Å². The number of halogens is 2. The van der Waals surface area contributed by atoms with Crippen molar-refractivity contribution in [3.63, 3.8) is 0 Å². The van der Waals surface area contributed by atoms with Crippen molar-refractivity contribution in [3.05, 3.63) is 114 Å². The van der Waals surface area contributed by atoms with Crippen LogP contribution in [0.3, 0.4) is 0 Å². The average Bonchev–Trinajstić information content (AvgIpc) is 3.59. The van der Waals surface area contributed by atoms with Crippen LogP contribution in [0.2, 0.25) is 0 Å². The van der Waals surface area contributed by atoms with Crippen molar-refractivity contribution < 1.29 is 9.18 Å². The first-order valence-corrected chi connectivity index (χ1v) is 12.5. The van der Waals surface area contributed by atoms with Crippen molar-refractivity contribution in [3.8, 4) is 11.1 Å². The Labute approximate surface area is 218 Å². The Bertz CT molecular complexity index is 1550. The largest absolute Gasteiger partial charge is 0.345 e. The summed E-state index contributed by atoms with van der Waals surface area (Å²) in [4.78, 5) is 18.1. The van der Waals surface area contributed by atoms with Gasteiger partial charge >= 0.3 is 0 Å². The fourth-order valence-electron chi connectivity index (χ4n) is 4.84. The van der Waals surface area contributed by atoms with Gasteiger partial charge in [-0.15, -0.1) is 24.2 Å². The molecular weight excluding hydrogens is 495 g/mol. The topological polar surface area (TPSA) is 65.8 Å². The van der Waals surface area contributed by atoms with Gasteiger partial charge in [0.05, 0.1) is 0 Å². The first-order valence-electron chi connectivity index (χ1n) is 11.5. The predicted octanol–water partition coefficient (Wildman–Crippen LogP) is 6.05. The van der Waals surface area contributed by atoms with E-state index in [1.165, 1.54) is 12.1 Å². The molecule has 1 atom stereocenters. The zero-order valence-corrected chi connectivity index (χ0v) is 20.9. The fourth-order valence-corrected chi connectivity index (χ4v) is 6.15. The van der Waals surface area contributed by atoms with Crippen LogP contribution in [0.1, 0.15) is 32.6 Å². The molecule has 8 heteroatoms. The third kappa shape index (κ3) is 4.13. The summed E-state index contributed by atoms with van der Waals surface area (Å²) in [5.74, 6) is 0.517. The van der Waals surface area contributed by atoms with E-state index in [0.717, 1.165) is 44.6 Å². The summed E-state index contributed by atoms with van der Waals surface area (Å²) in [6.45, 7) is 1.06. The highest BCUT2D eigenvalue weighted by atomic mass is 35.5. The van der Waals surface area contributed by atoms with E-state index in [9.17, 15) is 9.18 Å².